The van der Waals surface area contributed by atoms with Crippen molar-refractivity contribution in [3.05, 3.63) is 53.6 Å². The highest BCUT2D eigenvalue weighted by Gasteiger charge is 2.42. The quantitative estimate of drug-likeness (QED) is 0.769. The molecule has 2 aromatic rings. The maximum atomic E-state index is 13.1. The number of carbonyl (C=O) groups excluding carboxylic acids is 1. The molecular weight excluding hydrogens is 424 g/mol. The number of rotatable bonds is 4. The lowest BCUT2D eigenvalue weighted by Crippen LogP contribution is -2.30. The molecule has 0 saturated carbocycles. The summed E-state index contributed by atoms with van der Waals surface area (Å²) in [6.07, 6.45) is 0. The molecule has 1 aliphatic rings. The molecule has 1 fully saturated rings. The number of hydrogen-bond donors (Lipinski definition) is 1. The Morgan fingerprint density at radius 1 is 1.10 bits per heavy atom. The van der Waals surface area contributed by atoms with Gasteiger partial charge in [0.1, 0.15) is 0 Å². The van der Waals surface area contributed by atoms with Crippen LogP contribution in [0.3, 0.4) is 0 Å². The topological polar surface area (TPSA) is 101 Å². The van der Waals surface area contributed by atoms with Gasteiger partial charge >= 0.3 is 0 Å². The van der Waals surface area contributed by atoms with Crippen LogP contribution in [0.4, 0.5) is 11.4 Å². The average Bonchev–Trinajstić information content (AvgIpc) is 2.80. The van der Waals surface area contributed by atoms with Crippen molar-refractivity contribution in [1.82, 2.24) is 0 Å². The van der Waals surface area contributed by atoms with Crippen LogP contribution in [0.25, 0.3) is 0 Å². The molecule has 7 nitrogen and oxygen atoms in total. The fourth-order valence-electron chi connectivity index (χ4n) is 3.57. The molecule has 1 aliphatic heterocycles. The van der Waals surface area contributed by atoms with Gasteiger partial charge in [-0.15, -0.1) is 0 Å². The predicted molar refractivity (Wildman–Crippen MR) is 118 cm³/mol. The zero-order valence-corrected chi connectivity index (χ0v) is 19.3. The lowest BCUT2D eigenvalue weighted by Gasteiger charge is -2.23. The van der Waals surface area contributed by atoms with Crippen LogP contribution < -0.4 is 9.03 Å². The normalized spacial score (nSPS) is 19.2. The van der Waals surface area contributed by atoms with Crippen molar-refractivity contribution in [2.24, 2.45) is 5.92 Å². The van der Waals surface area contributed by atoms with E-state index in [4.69, 9.17) is 0 Å². The molecule has 0 bridgehead atoms. The predicted octanol–water partition coefficient (Wildman–Crippen LogP) is 3.41. The van der Waals surface area contributed by atoms with Gasteiger partial charge in [-0.3, -0.25) is 9.52 Å². The van der Waals surface area contributed by atoms with Gasteiger partial charge in [0.15, 0.2) is 0 Å². The number of amides is 1. The van der Waals surface area contributed by atoms with E-state index in [9.17, 15) is 21.6 Å². The molecule has 9 heteroatoms. The highest BCUT2D eigenvalue weighted by Crippen LogP contribution is 2.33. The monoisotopic (exact) mass is 450 g/mol. The Hall–Kier alpha value is -2.39. The third kappa shape index (κ3) is 4.09. The summed E-state index contributed by atoms with van der Waals surface area (Å²) in [5, 5.41) is 0. The second-order valence-corrected chi connectivity index (χ2v) is 12.1. The summed E-state index contributed by atoms with van der Waals surface area (Å²) < 4.78 is 54.2. The van der Waals surface area contributed by atoms with Crippen molar-refractivity contribution in [2.75, 3.05) is 14.8 Å². The van der Waals surface area contributed by atoms with Gasteiger partial charge in [-0.25, -0.2) is 21.1 Å². The Balaban J connectivity index is 1.99. The van der Waals surface area contributed by atoms with Crippen molar-refractivity contribution in [2.45, 2.75) is 44.9 Å². The summed E-state index contributed by atoms with van der Waals surface area (Å²) in [7, 11) is -7.68. The van der Waals surface area contributed by atoms with Gasteiger partial charge in [-0.1, -0.05) is 45.9 Å². The van der Waals surface area contributed by atoms with Crippen LogP contribution in [0.5, 0.6) is 0 Å². The fraction of sp³-hybridized carbons (Fsp3) is 0.381. The maximum absolute atomic E-state index is 13.1. The summed E-state index contributed by atoms with van der Waals surface area (Å²) >= 11 is 0. The first-order valence-corrected chi connectivity index (χ1v) is 12.6. The molecule has 162 valence electrons. The zero-order valence-electron chi connectivity index (χ0n) is 17.6. The first-order chi connectivity index (χ1) is 13.7. The van der Waals surface area contributed by atoms with Crippen molar-refractivity contribution in [3.63, 3.8) is 0 Å². The molecule has 1 N–H and O–H groups in total. The Morgan fingerprint density at radius 2 is 1.73 bits per heavy atom. The molecule has 30 heavy (non-hydrogen) atoms. The van der Waals surface area contributed by atoms with Crippen LogP contribution in [-0.2, 0) is 30.3 Å². The molecule has 0 radical (unpaired) electrons. The van der Waals surface area contributed by atoms with E-state index in [0.717, 1.165) is 9.87 Å². The molecule has 2 aromatic carbocycles. The largest absolute Gasteiger partial charge is 0.279 e. The third-order valence-electron chi connectivity index (χ3n) is 5.02. The Morgan fingerprint density at radius 3 is 2.27 bits per heavy atom. The lowest BCUT2D eigenvalue weighted by atomic mass is 9.86. The number of para-hydroxylation sites is 1. The molecule has 1 heterocycles. The number of carbonyl (C=O) groups is 1. The first-order valence-electron chi connectivity index (χ1n) is 9.54. The van der Waals surface area contributed by atoms with Crippen molar-refractivity contribution < 1.29 is 21.6 Å². The standard InChI is InChI=1S/C21H26N2O5S2/c1-14-12-16(23-20(24)15(2)13-29(23,25)26)10-11-19(14)30(27,28)22-18-9-7-6-8-17(18)21(3,4)5/h6-12,15,22H,13H2,1-5H3. The Bertz CT molecular complexity index is 1210. The highest BCUT2D eigenvalue weighted by atomic mass is 32.2. The molecule has 1 atom stereocenters. The summed E-state index contributed by atoms with van der Waals surface area (Å²) in [5.41, 5.74) is 1.57. The van der Waals surface area contributed by atoms with Crippen LogP contribution in [0.2, 0.25) is 0 Å². The van der Waals surface area contributed by atoms with Gasteiger partial charge in [0, 0.05) is 0 Å². The van der Waals surface area contributed by atoms with Crippen LogP contribution >= 0.6 is 0 Å². The lowest BCUT2D eigenvalue weighted by molar-refractivity contribution is -0.119. The second kappa shape index (κ2) is 7.39. The van der Waals surface area contributed by atoms with Gasteiger partial charge in [0.05, 0.1) is 27.9 Å². The Labute approximate surface area is 178 Å². The molecular formula is C21H26N2O5S2. The van der Waals surface area contributed by atoms with Gasteiger partial charge in [0.25, 0.3) is 10.0 Å². The fourth-order valence-corrected chi connectivity index (χ4v) is 6.69. The molecule has 1 saturated heterocycles. The number of hydrogen-bond acceptors (Lipinski definition) is 5. The van der Waals surface area contributed by atoms with Crippen LogP contribution in [0, 0.1) is 12.8 Å². The number of aryl methyl sites for hydroxylation is 1. The van der Waals surface area contributed by atoms with Crippen LogP contribution in [0.15, 0.2) is 47.4 Å². The summed E-state index contributed by atoms with van der Waals surface area (Å²) in [5.74, 6) is -1.40. The molecule has 0 spiro atoms. The van der Waals surface area contributed by atoms with E-state index in [2.05, 4.69) is 4.72 Å². The summed E-state index contributed by atoms with van der Waals surface area (Å²) in [6, 6.07) is 11.3. The molecule has 3 rings (SSSR count). The average molecular weight is 451 g/mol. The van der Waals surface area contributed by atoms with E-state index in [1.165, 1.54) is 18.2 Å². The number of benzene rings is 2. The van der Waals surface area contributed by atoms with Crippen molar-refractivity contribution in [1.29, 1.82) is 0 Å². The minimum atomic E-state index is -3.92. The molecule has 0 aliphatic carbocycles. The highest BCUT2D eigenvalue weighted by molar-refractivity contribution is 7.94. The van der Waals surface area contributed by atoms with E-state index in [1.807, 2.05) is 32.9 Å². The first kappa shape index (κ1) is 22.3. The van der Waals surface area contributed by atoms with E-state index in [-0.39, 0.29) is 21.8 Å². The second-order valence-electron chi connectivity index (χ2n) is 8.63. The van der Waals surface area contributed by atoms with Crippen molar-refractivity contribution in [3.8, 4) is 0 Å². The molecule has 1 unspecified atom stereocenters. The third-order valence-corrected chi connectivity index (χ3v) is 8.42. The van der Waals surface area contributed by atoms with E-state index >= 15 is 0 Å². The number of nitrogens with zero attached hydrogens (tertiary/aromatic N) is 1. The molecule has 1 amide bonds. The maximum Gasteiger partial charge on any atom is 0.262 e. The van der Waals surface area contributed by atoms with Gasteiger partial charge < -0.3 is 0 Å². The van der Waals surface area contributed by atoms with Crippen molar-refractivity contribution >= 4 is 37.3 Å². The number of sulfonamides is 2. The summed E-state index contributed by atoms with van der Waals surface area (Å²) in [4.78, 5) is 12.3. The zero-order chi connectivity index (χ0) is 22.5. The van der Waals surface area contributed by atoms with Gasteiger partial charge in [0.2, 0.25) is 15.9 Å². The minimum absolute atomic E-state index is 0.0204. The number of nitrogens with one attached hydrogen (secondary N) is 1. The van der Waals surface area contributed by atoms with E-state index < -0.39 is 31.9 Å². The Kier molecular flexibility index (Phi) is 5.49. The van der Waals surface area contributed by atoms with Crippen LogP contribution in [-0.4, -0.2) is 28.5 Å². The summed E-state index contributed by atoms with van der Waals surface area (Å²) in [6.45, 7) is 9.12. The van der Waals surface area contributed by atoms with Gasteiger partial charge in [-0.2, -0.15) is 0 Å². The molecule has 0 aromatic heterocycles. The van der Waals surface area contributed by atoms with Crippen LogP contribution in [0.1, 0.15) is 38.8 Å². The SMILES string of the molecule is Cc1cc(N2C(=O)C(C)CS2(=O)=O)ccc1S(=O)(=O)Nc1ccccc1C(C)(C)C. The number of anilines is 2. The smallest absolute Gasteiger partial charge is 0.262 e. The van der Waals surface area contributed by atoms with E-state index in [1.54, 1.807) is 26.0 Å². The van der Waals surface area contributed by atoms with E-state index in [0.29, 0.717) is 11.3 Å². The van der Waals surface area contributed by atoms with Gasteiger partial charge in [-0.05, 0) is 47.7 Å². The minimum Gasteiger partial charge on any atom is -0.279 e.